The lowest BCUT2D eigenvalue weighted by Crippen LogP contribution is -2.39. The van der Waals surface area contributed by atoms with Gasteiger partial charge in [0.2, 0.25) is 0 Å². The fourth-order valence-corrected chi connectivity index (χ4v) is 1.71. The molecule has 1 aromatic carbocycles. The first-order valence-corrected chi connectivity index (χ1v) is 6.23. The SMILES string of the molecule is CCC(C)(C)N(C)Cc1cc(C#N)ccc1OC. The Balaban J connectivity index is 2.99. The number of benzene rings is 1. The molecule has 0 unspecified atom stereocenters. The lowest BCUT2D eigenvalue weighted by molar-refractivity contribution is 0.141. The van der Waals surface area contributed by atoms with E-state index >= 15 is 0 Å². The van der Waals surface area contributed by atoms with E-state index in [1.54, 1.807) is 13.2 Å². The molecule has 0 saturated heterocycles. The molecule has 0 aliphatic carbocycles. The summed E-state index contributed by atoms with van der Waals surface area (Å²) >= 11 is 0. The van der Waals surface area contributed by atoms with E-state index in [-0.39, 0.29) is 5.54 Å². The summed E-state index contributed by atoms with van der Waals surface area (Å²) in [5.41, 5.74) is 1.86. The van der Waals surface area contributed by atoms with Gasteiger partial charge in [-0.3, -0.25) is 4.90 Å². The second-order valence-electron chi connectivity index (χ2n) is 5.16. The molecule has 0 fully saturated rings. The van der Waals surface area contributed by atoms with Crippen LogP contribution >= 0.6 is 0 Å². The van der Waals surface area contributed by atoms with Gasteiger partial charge in [0, 0.05) is 17.6 Å². The Morgan fingerprint density at radius 1 is 1.39 bits per heavy atom. The predicted molar refractivity (Wildman–Crippen MR) is 73.5 cm³/mol. The Kier molecular flexibility index (Phi) is 4.75. The molecule has 98 valence electrons. The Bertz CT molecular complexity index is 446. The quantitative estimate of drug-likeness (QED) is 0.800. The Morgan fingerprint density at radius 3 is 2.56 bits per heavy atom. The van der Waals surface area contributed by atoms with Gasteiger partial charge in [-0.25, -0.2) is 0 Å². The molecule has 0 N–H and O–H groups in total. The second-order valence-corrected chi connectivity index (χ2v) is 5.16. The molecule has 3 nitrogen and oxygen atoms in total. The number of rotatable bonds is 5. The third-order valence-electron chi connectivity index (χ3n) is 3.72. The maximum absolute atomic E-state index is 8.96. The molecule has 0 atom stereocenters. The van der Waals surface area contributed by atoms with Crippen LogP contribution in [0.1, 0.15) is 38.3 Å². The van der Waals surface area contributed by atoms with E-state index in [4.69, 9.17) is 10.00 Å². The third-order valence-corrected chi connectivity index (χ3v) is 3.72. The zero-order valence-electron chi connectivity index (χ0n) is 11.9. The molecule has 0 saturated carbocycles. The maximum atomic E-state index is 8.96. The molecule has 0 aliphatic rings. The van der Waals surface area contributed by atoms with E-state index in [1.165, 1.54) is 0 Å². The van der Waals surface area contributed by atoms with Crippen LogP contribution in [-0.4, -0.2) is 24.6 Å². The van der Waals surface area contributed by atoms with E-state index < -0.39 is 0 Å². The molecular formula is C15H22N2O. The van der Waals surface area contributed by atoms with Gasteiger partial charge >= 0.3 is 0 Å². The molecule has 3 heteroatoms. The second kappa shape index (κ2) is 5.88. The van der Waals surface area contributed by atoms with Crippen LogP contribution in [0.5, 0.6) is 5.75 Å². The molecule has 0 heterocycles. The number of nitrogens with zero attached hydrogens (tertiary/aromatic N) is 2. The molecule has 0 bridgehead atoms. The lowest BCUT2D eigenvalue weighted by atomic mass is 9.98. The number of hydrogen-bond donors (Lipinski definition) is 0. The van der Waals surface area contributed by atoms with Crippen molar-refractivity contribution < 1.29 is 4.74 Å². The summed E-state index contributed by atoms with van der Waals surface area (Å²) in [4.78, 5) is 2.28. The molecule has 1 rings (SSSR count). The first-order chi connectivity index (χ1) is 8.44. The third kappa shape index (κ3) is 3.24. The van der Waals surface area contributed by atoms with Crippen LogP contribution in [0.25, 0.3) is 0 Å². The monoisotopic (exact) mass is 246 g/mol. The van der Waals surface area contributed by atoms with Crippen LogP contribution in [0, 0.1) is 11.3 Å². The van der Waals surface area contributed by atoms with E-state index in [9.17, 15) is 0 Å². The first kappa shape index (κ1) is 14.5. The van der Waals surface area contributed by atoms with Gasteiger partial charge in [-0.15, -0.1) is 0 Å². The van der Waals surface area contributed by atoms with Crippen molar-refractivity contribution in [3.63, 3.8) is 0 Å². The topological polar surface area (TPSA) is 36.3 Å². The first-order valence-electron chi connectivity index (χ1n) is 6.23. The standard InChI is InChI=1S/C15H22N2O/c1-6-15(2,3)17(4)11-13-9-12(10-16)7-8-14(13)18-5/h7-9H,6,11H2,1-5H3. The van der Waals surface area contributed by atoms with Crippen molar-refractivity contribution in [1.82, 2.24) is 4.90 Å². The smallest absolute Gasteiger partial charge is 0.123 e. The highest BCUT2D eigenvalue weighted by Gasteiger charge is 2.22. The summed E-state index contributed by atoms with van der Waals surface area (Å²) in [7, 11) is 3.76. The van der Waals surface area contributed by atoms with Crippen LogP contribution in [0.2, 0.25) is 0 Å². The number of hydrogen-bond acceptors (Lipinski definition) is 3. The van der Waals surface area contributed by atoms with Gasteiger partial charge in [0.25, 0.3) is 0 Å². The predicted octanol–water partition coefficient (Wildman–Crippen LogP) is 3.19. The van der Waals surface area contributed by atoms with Gasteiger partial charge in [0.15, 0.2) is 0 Å². The van der Waals surface area contributed by atoms with Crippen LogP contribution in [0.15, 0.2) is 18.2 Å². The van der Waals surface area contributed by atoms with Gasteiger partial charge < -0.3 is 4.74 Å². The minimum absolute atomic E-state index is 0.133. The molecule has 18 heavy (non-hydrogen) atoms. The fraction of sp³-hybridized carbons (Fsp3) is 0.533. The number of methoxy groups -OCH3 is 1. The van der Waals surface area contributed by atoms with Gasteiger partial charge in [0.05, 0.1) is 18.7 Å². The van der Waals surface area contributed by atoms with E-state index in [1.807, 2.05) is 12.1 Å². The lowest BCUT2D eigenvalue weighted by Gasteiger charge is -2.35. The summed E-state index contributed by atoms with van der Waals surface area (Å²) in [6, 6.07) is 7.72. The molecule has 0 amide bonds. The van der Waals surface area contributed by atoms with Crippen molar-refractivity contribution in [1.29, 1.82) is 5.26 Å². The zero-order valence-corrected chi connectivity index (χ0v) is 11.9. The van der Waals surface area contributed by atoms with E-state index in [2.05, 4.69) is 38.8 Å². The largest absolute Gasteiger partial charge is 0.496 e. The summed E-state index contributed by atoms with van der Waals surface area (Å²) < 4.78 is 5.36. The summed E-state index contributed by atoms with van der Waals surface area (Å²) in [6.07, 6.45) is 1.07. The zero-order chi connectivity index (χ0) is 13.8. The maximum Gasteiger partial charge on any atom is 0.123 e. The van der Waals surface area contributed by atoms with Crippen molar-refractivity contribution in [2.24, 2.45) is 0 Å². The van der Waals surface area contributed by atoms with E-state index in [0.29, 0.717) is 5.56 Å². The number of nitriles is 1. The average Bonchev–Trinajstić information content (AvgIpc) is 2.38. The van der Waals surface area contributed by atoms with Gasteiger partial charge in [0.1, 0.15) is 5.75 Å². The van der Waals surface area contributed by atoms with Crippen molar-refractivity contribution in [2.75, 3.05) is 14.2 Å². The Hall–Kier alpha value is -1.53. The Labute approximate surface area is 110 Å². The van der Waals surface area contributed by atoms with Crippen LogP contribution in [-0.2, 0) is 6.54 Å². The highest BCUT2D eigenvalue weighted by Crippen LogP contribution is 2.25. The van der Waals surface area contributed by atoms with Crippen molar-refractivity contribution in [3.8, 4) is 11.8 Å². The van der Waals surface area contributed by atoms with Crippen LogP contribution < -0.4 is 4.74 Å². The molecular weight excluding hydrogens is 224 g/mol. The van der Waals surface area contributed by atoms with Crippen molar-refractivity contribution >= 4 is 0 Å². The number of ether oxygens (including phenoxy) is 1. The van der Waals surface area contributed by atoms with Crippen LogP contribution in [0.4, 0.5) is 0 Å². The van der Waals surface area contributed by atoms with Gasteiger partial charge in [-0.2, -0.15) is 5.26 Å². The fourth-order valence-electron chi connectivity index (χ4n) is 1.71. The Morgan fingerprint density at radius 2 is 2.06 bits per heavy atom. The molecule has 1 aromatic rings. The molecule has 0 aliphatic heterocycles. The minimum atomic E-state index is 0.133. The average molecular weight is 246 g/mol. The van der Waals surface area contributed by atoms with Crippen LogP contribution in [0.3, 0.4) is 0 Å². The normalized spacial score (nSPS) is 11.4. The van der Waals surface area contributed by atoms with Gasteiger partial charge in [-0.05, 0) is 45.5 Å². The summed E-state index contributed by atoms with van der Waals surface area (Å²) in [6.45, 7) is 7.39. The summed E-state index contributed by atoms with van der Waals surface area (Å²) in [5, 5.41) is 8.96. The summed E-state index contributed by atoms with van der Waals surface area (Å²) in [5.74, 6) is 0.841. The van der Waals surface area contributed by atoms with Gasteiger partial charge in [-0.1, -0.05) is 6.92 Å². The molecule has 0 radical (unpaired) electrons. The molecule has 0 spiro atoms. The molecule has 0 aromatic heterocycles. The minimum Gasteiger partial charge on any atom is -0.496 e. The van der Waals surface area contributed by atoms with Crippen molar-refractivity contribution in [2.45, 2.75) is 39.3 Å². The highest BCUT2D eigenvalue weighted by molar-refractivity contribution is 5.42. The highest BCUT2D eigenvalue weighted by atomic mass is 16.5. The van der Waals surface area contributed by atoms with Crippen molar-refractivity contribution in [3.05, 3.63) is 29.3 Å². The van der Waals surface area contributed by atoms with E-state index in [0.717, 1.165) is 24.3 Å².